The van der Waals surface area contributed by atoms with E-state index in [0.29, 0.717) is 10.0 Å². The van der Waals surface area contributed by atoms with Gasteiger partial charge in [0.05, 0.1) is 4.47 Å². The van der Waals surface area contributed by atoms with Crippen LogP contribution in [0.3, 0.4) is 0 Å². The first-order valence-corrected chi connectivity index (χ1v) is 8.74. The number of aliphatic carboxylic acids is 1. The van der Waals surface area contributed by atoms with Gasteiger partial charge in [0.15, 0.2) is 0 Å². The van der Waals surface area contributed by atoms with E-state index < -0.39 is 23.7 Å². The number of carbonyl (C=O) groups is 2. The molecule has 6 nitrogen and oxygen atoms in total. The molecule has 140 valence electrons. The van der Waals surface area contributed by atoms with Gasteiger partial charge < -0.3 is 20.3 Å². The smallest absolute Gasteiger partial charge is 0.408 e. The number of benzene rings is 1. The van der Waals surface area contributed by atoms with E-state index >= 15 is 0 Å². The molecule has 1 unspecified atom stereocenters. The van der Waals surface area contributed by atoms with Gasteiger partial charge in [0, 0.05) is 6.42 Å². The molecule has 0 spiro atoms. The fourth-order valence-corrected chi connectivity index (χ4v) is 2.62. The first-order valence-electron chi connectivity index (χ1n) is 7.95. The monoisotopic (exact) mass is 415 g/mol. The third-order valence-electron chi connectivity index (χ3n) is 3.42. The van der Waals surface area contributed by atoms with Crippen molar-refractivity contribution in [2.75, 3.05) is 0 Å². The van der Waals surface area contributed by atoms with Crippen molar-refractivity contribution in [3.05, 3.63) is 27.7 Å². The van der Waals surface area contributed by atoms with Gasteiger partial charge in [-0.25, -0.2) is 9.59 Å². The molecule has 0 aliphatic heterocycles. The number of carboxylic acids is 1. The fourth-order valence-electron chi connectivity index (χ4n) is 2.11. The van der Waals surface area contributed by atoms with Crippen molar-refractivity contribution in [3.63, 3.8) is 0 Å². The van der Waals surface area contributed by atoms with Crippen LogP contribution in [-0.4, -0.2) is 33.9 Å². The van der Waals surface area contributed by atoms with Crippen LogP contribution in [0.4, 0.5) is 4.79 Å². The van der Waals surface area contributed by atoms with E-state index in [1.165, 1.54) is 0 Å². The first-order chi connectivity index (χ1) is 11.2. The predicted molar refractivity (Wildman–Crippen MR) is 99.0 cm³/mol. The lowest BCUT2D eigenvalue weighted by Gasteiger charge is -2.24. The number of carboxylic acid groups (broad SMARTS) is 1. The Hall–Kier alpha value is -1.76. The topological polar surface area (TPSA) is 95.9 Å². The van der Waals surface area contributed by atoms with E-state index in [-0.39, 0.29) is 17.6 Å². The minimum absolute atomic E-state index is 0.0368. The summed E-state index contributed by atoms with van der Waals surface area (Å²) < 4.78 is 5.59. The Kier molecular flexibility index (Phi) is 6.50. The van der Waals surface area contributed by atoms with Gasteiger partial charge in [-0.2, -0.15) is 0 Å². The number of phenols is 1. The highest BCUT2D eigenvalue weighted by Gasteiger charge is 2.26. The molecule has 0 fully saturated rings. The van der Waals surface area contributed by atoms with Crippen molar-refractivity contribution >= 4 is 28.0 Å². The summed E-state index contributed by atoms with van der Waals surface area (Å²) in [5.74, 6) is -1.24. The molecule has 0 aliphatic rings. The van der Waals surface area contributed by atoms with Crippen molar-refractivity contribution in [1.29, 1.82) is 0 Å². The first kappa shape index (κ1) is 21.3. The molecule has 0 aliphatic carbocycles. The maximum absolute atomic E-state index is 11.9. The van der Waals surface area contributed by atoms with Crippen molar-refractivity contribution in [2.24, 2.45) is 0 Å². The van der Waals surface area contributed by atoms with Crippen LogP contribution in [0, 0.1) is 0 Å². The highest BCUT2D eigenvalue weighted by Crippen LogP contribution is 2.35. The maximum atomic E-state index is 11.9. The molecule has 0 heterocycles. The zero-order valence-corrected chi connectivity index (χ0v) is 17.0. The van der Waals surface area contributed by atoms with Gasteiger partial charge in [0.1, 0.15) is 17.4 Å². The summed E-state index contributed by atoms with van der Waals surface area (Å²) in [7, 11) is 0. The molecule has 0 bridgehead atoms. The Labute approximate surface area is 156 Å². The highest BCUT2D eigenvalue weighted by molar-refractivity contribution is 9.10. The van der Waals surface area contributed by atoms with E-state index in [1.54, 1.807) is 32.9 Å². The zero-order valence-electron chi connectivity index (χ0n) is 15.4. The van der Waals surface area contributed by atoms with Crippen molar-refractivity contribution in [3.8, 4) is 5.75 Å². The molecular weight excluding hydrogens is 390 g/mol. The second-order valence-electron chi connectivity index (χ2n) is 7.96. The Morgan fingerprint density at radius 2 is 1.76 bits per heavy atom. The number of ether oxygens (including phenoxy) is 1. The molecule has 25 heavy (non-hydrogen) atoms. The van der Waals surface area contributed by atoms with Gasteiger partial charge in [-0.15, -0.1) is 0 Å². The highest BCUT2D eigenvalue weighted by atomic mass is 79.9. The maximum Gasteiger partial charge on any atom is 0.408 e. The molecule has 0 saturated heterocycles. The van der Waals surface area contributed by atoms with Crippen LogP contribution in [0.15, 0.2) is 16.6 Å². The molecule has 0 aromatic heterocycles. The van der Waals surface area contributed by atoms with Crippen LogP contribution in [0.2, 0.25) is 0 Å². The zero-order chi connectivity index (χ0) is 19.6. The van der Waals surface area contributed by atoms with Crippen LogP contribution in [0.5, 0.6) is 5.75 Å². The van der Waals surface area contributed by atoms with Crippen LogP contribution < -0.4 is 5.32 Å². The molecule has 1 aromatic carbocycles. The van der Waals surface area contributed by atoms with Gasteiger partial charge in [0.2, 0.25) is 0 Å². The lowest BCUT2D eigenvalue weighted by Crippen LogP contribution is -2.44. The number of halogens is 1. The number of hydrogen-bond acceptors (Lipinski definition) is 4. The number of hydrogen-bond donors (Lipinski definition) is 3. The molecule has 3 N–H and O–H groups in total. The summed E-state index contributed by atoms with van der Waals surface area (Å²) in [4.78, 5) is 23.4. The van der Waals surface area contributed by atoms with Crippen LogP contribution >= 0.6 is 15.9 Å². The van der Waals surface area contributed by atoms with E-state index in [4.69, 9.17) is 4.74 Å². The third-order valence-corrected chi connectivity index (χ3v) is 4.03. The van der Waals surface area contributed by atoms with E-state index in [9.17, 15) is 19.8 Å². The van der Waals surface area contributed by atoms with Crippen molar-refractivity contribution in [2.45, 2.75) is 65.0 Å². The molecule has 1 amide bonds. The van der Waals surface area contributed by atoms with Crippen LogP contribution in [0.25, 0.3) is 0 Å². The average molecular weight is 416 g/mol. The van der Waals surface area contributed by atoms with Gasteiger partial charge in [-0.05, 0) is 59.3 Å². The normalized spacial score (nSPS) is 13.2. The van der Waals surface area contributed by atoms with Crippen molar-refractivity contribution < 1.29 is 24.5 Å². The number of carbonyl (C=O) groups excluding carboxylic acids is 1. The number of phenolic OH excluding ortho intramolecular Hbond substituents is 1. The number of alkyl carbamates (subject to hydrolysis) is 1. The molecular formula is C18H26BrNO5. The summed E-state index contributed by atoms with van der Waals surface area (Å²) in [6.07, 6.45) is -0.881. The number of rotatable bonds is 4. The SMILES string of the molecule is CC(C)(C)OC(=O)NC(Cc1cc(C(C)(C)C)cc(Br)c1O)C(=O)O. The van der Waals surface area contributed by atoms with Crippen molar-refractivity contribution in [1.82, 2.24) is 5.32 Å². The summed E-state index contributed by atoms with van der Waals surface area (Å²) >= 11 is 3.30. The second kappa shape index (κ2) is 7.64. The van der Waals surface area contributed by atoms with Gasteiger partial charge in [0.25, 0.3) is 0 Å². The molecule has 1 rings (SSSR count). The molecule has 7 heteroatoms. The third kappa shape index (κ3) is 6.57. The molecule has 0 radical (unpaired) electrons. The number of amides is 1. The van der Waals surface area contributed by atoms with Gasteiger partial charge >= 0.3 is 12.1 Å². The lowest BCUT2D eigenvalue weighted by atomic mass is 9.85. The Morgan fingerprint density at radius 1 is 1.20 bits per heavy atom. The summed E-state index contributed by atoms with van der Waals surface area (Å²) in [5, 5.41) is 22.0. The van der Waals surface area contributed by atoms with E-state index in [1.807, 2.05) is 20.8 Å². The van der Waals surface area contributed by atoms with Gasteiger partial charge in [-0.1, -0.05) is 26.8 Å². The van der Waals surface area contributed by atoms with Crippen LogP contribution in [-0.2, 0) is 21.4 Å². The van der Waals surface area contributed by atoms with E-state index in [0.717, 1.165) is 5.56 Å². The summed E-state index contributed by atoms with van der Waals surface area (Å²) in [6.45, 7) is 11.1. The minimum atomic E-state index is -1.22. The minimum Gasteiger partial charge on any atom is -0.506 e. The Morgan fingerprint density at radius 3 is 2.20 bits per heavy atom. The fraction of sp³-hybridized carbons (Fsp3) is 0.556. The average Bonchev–Trinajstić information content (AvgIpc) is 2.39. The number of nitrogens with one attached hydrogen (secondary N) is 1. The standard InChI is InChI=1S/C18H26BrNO5/c1-17(2,3)11-7-10(14(21)12(19)9-11)8-13(15(22)23)20-16(24)25-18(4,5)6/h7,9,13,21H,8H2,1-6H3,(H,20,24)(H,22,23). The summed E-state index contributed by atoms with van der Waals surface area (Å²) in [6, 6.07) is 2.34. The quantitative estimate of drug-likeness (QED) is 0.690. The Balaban J connectivity index is 3.08. The van der Waals surface area contributed by atoms with Gasteiger partial charge in [-0.3, -0.25) is 0 Å². The summed E-state index contributed by atoms with van der Waals surface area (Å²) in [5.41, 5.74) is 0.462. The second-order valence-corrected chi connectivity index (χ2v) is 8.81. The number of aromatic hydroxyl groups is 1. The lowest BCUT2D eigenvalue weighted by molar-refractivity contribution is -0.139. The van der Waals surface area contributed by atoms with E-state index in [2.05, 4.69) is 21.2 Å². The predicted octanol–water partition coefficient (Wildman–Crippen LogP) is 3.97. The van der Waals surface area contributed by atoms with Crippen LogP contribution in [0.1, 0.15) is 52.7 Å². The largest absolute Gasteiger partial charge is 0.506 e. The Bertz CT molecular complexity index is 659. The molecule has 1 aromatic rings. The molecule has 0 saturated carbocycles. The molecule has 1 atom stereocenters.